The number of benzene rings is 2. The van der Waals surface area contributed by atoms with Crippen molar-refractivity contribution in [3.05, 3.63) is 58.1 Å². The third kappa shape index (κ3) is 6.96. The van der Waals surface area contributed by atoms with E-state index in [0.717, 1.165) is 31.0 Å². The lowest BCUT2D eigenvalue weighted by Gasteiger charge is -2.15. The predicted molar refractivity (Wildman–Crippen MR) is 98.5 cm³/mol. The average molecular weight is 397 g/mol. The van der Waals surface area contributed by atoms with Crippen LogP contribution in [0.3, 0.4) is 0 Å². The third-order valence-electron chi connectivity index (χ3n) is 4.13. The van der Waals surface area contributed by atoms with Crippen LogP contribution >= 0.6 is 0 Å². The van der Waals surface area contributed by atoms with E-state index in [2.05, 4.69) is 7.05 Å². The van der Waals surface area contributed by atoms with Crippen molar-refractivity contribution in [2.45, 2.75) is 6.42 Å². The quantitative estimate of drug-likeness (QED) is 0.401. The molecule has 2 rings (SSSR count). The van der Waals surface area contributed by atoms with Gasteiger partial charge in [0.15, 0.2) is 11.5 Å². The number of nitrogens with zero attached hydrogens (tertiary/aromatic N) is 1. The molecule has 0 bridgehead atoms. The molecule has 0 radical (unpaired) electrons. The van der Waals surface area contributed by atoms with Crippen LogP contribution in [0.2, 0.25) is 0 Å². The number of ether oxygens (including phenoxy) is 3. The highest BCUT2D eigenvalue weighted by atomic mass is 35.5. The molecular formula is C19H25ClN2O5. The Bertz CT molecular complexity index is 725. The largest absolute Gasteiger partial charge is 1.00 e. The summed E-state index contributed by atoms with van der Waals surface area (Å²) in [7, 11) is 5.37. The smallest absolute Gasteiger partial charge is 0.269 e. The zero-order valence-electron chi connectivity index (χ0n) is 15.7. The van der Waals surface area contributed by atoms with Crippen LogP contribution in [0.4, 0.5) is 5.69 Å². The molecule has 0 saturated carbocycles. The van der Waals surface area contributed by atoms with Crippen LogP contribution in [0.1, 0.15) is 5.56 Å². The van der Waals surface area contributed by atoms with Crippen LogP contribution in [-0.2, 0) is 6.42 Å². The van der Waals surface area contributed by atoms with E-state index in [0.29, 0.717) is 12.4 Å². The van der Waals surface area contributed by atoms with Gasteiger partial charge in [-0.05, 0) is 29.8 Å². The molecule has 0 aromatic heterocycles. The second kappa shape index (κ2) is 11.3. The highest BCUT2D eigenvalue weighted by Gasteiger charge is 2.08. The van der Waals surface area contributed by atoms with Gasteiger partial charge in [0.1, 0.15) is 18.9 Å². The van der Waals surface area contributed by atoms with Gasteiger partial charge < -0.3 is 31.5 Å². The fraction of sp³-hybridized carbons (Fsp3) is 0.368. The Labute approximate surface area is 165 Å². The Kier molecular flexibility index (Phi) is 9.39. The minimum atomic E-state index is -0.421. The SMILES string of the molecule is COc1ccc(CC[NH+](C)CCOc2ccc([N+](=O)[O-])cc2)cc1OC.[Cl-]. The summed E-state index contributed by atoms with van der Waals surface area (Å²) in [5, 5.41) is 10.6. The van der Waals surface area contributed by atoms with E-state index in [1.807, 2.05) is 18.2 Å². The molecular weight excluding hydrogens is 372 g/mol. The van der Waals surface area contributed by atoms with Crippen molar-refractivity contribution < 1.29 is 36.4 Å². The van der Waals surface area contributed by atoms with E-state index < -0.39 is 4.92 Å². The fourth-order valence-corrected chi connectivity index (χ4v) is 2.53. The first-order valence-electron chi connectivity index (χ1n) is 8.43. The first-order chi connectivity index (χ1) is 12.5. The maximum Gasteiger partial charge on any atom is 0.269 e. The average Bonchev–Trinajstić information content (AvgIpc) is 2.66. The summed E-state index contributed by atoms with van der Waals surface area (Å²) in [5.74, 6) is 2.11. The molecule has 0 amide bonds. The number of rotatable bonds is 10. The number of methoxy groups -OCH3 is 2. The number of nitro groups is 1. The summed E-state index contributed by atoms with van der Waals surface area (Å²) >= 11 is 0. The van der Waals surface area contributed by atoms with Crippen molar-refractivity contribution in [2.24, 2.45) is 0 Å². The molecule has 0 aliphatic carbocycles. The lowest BCUT2D eigenvalue weighted by molar-refractivity contribution is -0.879. The number of nitrogens with one attached hydrogen (secondary N) is 1. The standard InChI is InChI=1S/C19H24N2O5.ClH/c1-20(11-10-15-4-9-18(24-2)19(14-15)25-3)12-13-26-17-7-5-16(6-8-17)21(22)23;/h4-9,14H,10-13H2,1-3H3;1H. The second-order valence-corrected chi connectivity index (χ2v) is 6.00. The summed E-state index contributed by atoms with van der Waals surface area (Å²) in [5.41, 5.74) is 1.26. The predicted octanol–water partition coefficient (Wildman–Crippen LogP) is -1.25. The van der Waals surface area contributed by atoms with Gasteiger partial charge in [-0.25, -0.2) is 0 Å². The highest BCUT2D eigenvalue weighted by molar-refractivity contribution is 5.42. The van der Waals surface area contributed by atoms with Gasteiger partial charge in [0.25, 0.3) is 5.69 Å². The normalized spacial score (nSPS) is 11.2. The summed E-state index contributed by atoms with van der Waals surface area (Å²) in [6.45, 7) is 2.35. The molecule has 7 nitrogen and oxygen atoms in total. The first kappa shape index (κ1) is 22.5. The molecule has 148 valence electrons. The molecule has 2 aromatic carbocycles. The number of likely N-dealkylation sites (N-methyl/N-ethyl adjacent to an activating group) is 1. The van der Waals surface area contributed by atoms with E-state index in [1.165, 1.54) is 22.6 Å². The molecule has 0 saturated heterocycles. The fourth-order valence-electron chi connectivity index (χ4n) is 2.53. The number of non-ortho nitro benzene ring substituents is 1. The summed E-state index contributed by atoms with van der Waals surface area (Å²) in [6.07, 6.45) is 0.920. The Morgan fingerprint density at radius 1 is 1.00 bits per heavy atom. The van der Waals surface area contributed by atoms with Gasteiger partial charge in [-0.1, -0.05) is 6.07 Å². The summed E-state index contributed by atoms with van der Waals surface area (Å²) < 4.78 is 16.2. The molecule has 27 heavy (non-hydrogen) atoms. The Morgan fingerprint density at radius 3 is 2.26 bits per heavy atom. The molecule has 0 aliphatic heterocycles. The lowest BCUT2D eigenvalue weighted by atomic mass is 10.1. The van der Waals surface area contributed by atoms with Gasteiger partial charge in [0, 0.05) is 18.6 Å². The molecule has 2 aromatic rings. The van der Waals surface area contributed by atoms with E-state index in [4.69, 9.17) is 14.2 Å². The molecule has 1 unspecified atom stereocenters. The zero-order valence-corrected chi connectivity index (χ0v) is 16.5. The van der Waals surface area contributed by atoms with Crippen LogP contribution in [-0.4, -0.2) is 45.9 Å². The van der Waals surface area contributed by atoms with Gasteiger partial charge in [-0.15, -0.1) is 0 Å². The van der Waals surface area contributed by atoms with Gasteiger partial charge in [-0.2, -0.15) is 0 Å². The van der Waals surface area contributed by atoms with Crippen molar-refractivity contribution in [3.63, 3.8) is 0 Å². The van der Waals surface area contributed by atoms with Crippen LogP contribution in [0.5, 0.6) is 17.2 Å². The molecule has 0 aliphatic rings. The van der Waals surface area contributed by atoms with Crippen molar-refractivity contribution in [1.82, 2.24) is 0 Å². The number of hydrogen-bond acceptors (Lipinski definition) is 5. The molecule has 1 atom stereocenters. The van der Waals surface area contributed by atoms with Crippen LogP contribution in [0.15, 0.2) is 42.5 Å². The maximum atomic E-state index is 10.6. The molecule has 0 spiro atoms. The van der Waals surface area contributed by atoms with Crippen molar-refractivity contribution in [2.75, 3.05) is 41.0 Å². The van der Waals surface area contributed by atoms with Crippen LogP contribution in [0.25, 0.3) is 0 Å². The number of quaternary nitrogens is 1. The number of hydrogen-bond donors (Lipinski definition) is 1. The highest BCUT2D eigenvalue weighted by Crippen LogP contribution is 2.27. The van der Waals surface area contributed by atoms with E-state index in [1.54, 1.807) is 26.4 Å². The third-order valence-corrected chi connectivity index (χ3v) is 4.13. The minimum Gasteiger partial charge on any atom is -1.00 e. The first-order valence-corrected chi connectivity index (χ1v) is 8.43. The Morgan fingerprint density at radius 2 is 1.67 bits per heavy atom. The van der Waals surface area contributed by atoms with Crippen molar-refractivity contribution in [3.8, 4) is 17.2 Å². The van der Waals surface area contributed by atoms with Crippen molar-refractivity contribution >= 4 is 5.69 Å². The van der Waals surface area contributed by atoms with E-state index >= 15 is 0 Å². The van der Waals surface area contributed by atoms with Gasteiger partial charge in [-0.3, -0.25) is 10.1 Å². The summed E-state index contributed by atoms with van der Waals surface area (Å²) in [6, 6.07) is 12.1. The van der Waals surface area contributed by atoms with Gasteiger partial charge >= 0.3 is 0 Å². The van der Waals surface area contributed by atoms with Crippen molar-refractivity contribution in [1.29, 1.82) is 0 Å². The minimum absolute atomic E-state index is 0. The summed E-state index contributed by atoms with van der Waals surface area (Å²) in [4.78, 5) is 11.5. The van der Waals surface area contributed by atoms with Crippen LogP contribution in [0, 0.1) is 10.1 Å². The van der Waals surface area contributed by atoms with Crippen LogP contribution < -0.4 is 31.5 Å². The van der Waals surface area contributed by atoms with E-state index in [-0.39, 0.29) is 18.1 Å². The Balaban J connectivity index is 0.00000364. The maximum absolute atomic E-state index is 10.6. The van der Waals surface area contributed by atoms with Gasteiger partial charge in [0.05, 0.1) is 32.7 Å². The zero-order chi connectivity index (χ0) is 18.9. The second-order valence-electron chi connectivity index (χ2n) is 6.00. The monoisotopic (exact) mass is 396 g/mol. The molecule has 0 heterocycles. The molecule has 1 N–H and O–H groups in total. The lowest BCUT2D eigenvalue weighted by Crippen LogP contribution is -3.09. The molecule has 8 heteroatoms. The molecule has 0 fully saturated rings. The van der Waals surface area contributed by atoms with Gasteiger partial charge in [0.2, 0.25) is 0 Å². The topological polar surface area (TPSA) is 75.3 Å². The Hall–Kier alpha value is -2.51. The van der Waals surface area contributed by atoms with E-state index in [9.17, 15) is 10.1 Å². The number of nitro benzene ring substituents is 1. The number of halogens is 1.